The first-order valence-electron chi connectivity index (χ1n) is 5.35. The highest BCUT2D eigenvalue weighted by Crippen LogP contribution is 2.29. The zero-order chi connectivity index (χ0) is 13.4. The van der Waals surface area contributed by atoms with Crippen LogP contribution < -0.4 is 11.2 Å². The fourth-order valence-corrected chi connectivity index (χ4v) is 2.59. The molecule has 4 unspecified atom stereocenters. The molecule has 1 aliphatic heterocycles. The molecule has 0 amide bonds. The molecule has 1 aromatic heterocycles. The van der Waals surface area contributed by atoms with Crippen molar-refractivity contribution in [2.45, 2.75) is 31.5 Å². The molecule has 0 radical (unpaired) electrons. The monoisotopic (exact) mass is 368 g/mol. The molecule has 0 bridgehead atoms. The van der Waals surface area contributed by atoms with E-state index in [9.17, 15) is 19.8 Å². The van der Waals surface area contributed by atoms with E-state index < -0.39 is 35.8 Å². The Kier molecular flexibility index (Phi) is 3.90. The first-order chi connectivity index (χ1) is 8.45. The molecule has 1 saturated heterocycles. The van der Waals surface area contributed by atoms with Gasteiger partial charge in [-0.3, -0.25) is 14.3 Å². The van der Waals surface area contributed by atoms with Gasteiger partial charge in [0.25, 0.3) is 5.56 Å². The van der Waals surface area contributed by atoms with Gasteiger partial charge in [-0.2, -0.15) is 0 Å². The summed E-state index contributed by atoms with van der Waals surface area (Å²) in [5.41, 5.74) is -0.816. The van der Waals surface area contributed by atoms with Gasteiger partial charge in [-0.1, -0.05) is 22.6 Å². The van der Waals surface area contributed by atoms with Gasteiger partial charge in [-0.15, -0.1) is 0 Å². The molecule has 2 heterocycles. The summed E-state index contributed by atoms with van der Waals surface area (Å²) >= 11 is 2.02. The molecule has 0 saturated carbocycles. The van der Waals surface area contributed by atoms with Crippen LogP contribution in [0.15, 0.2) is 15.8 Å². The lowest BCUT2D eigenvalue weighted by atomic mass is 10.1. The summed E-state index contributed by atoms with van der Waals surface area (Å²) in [6, 6.07) is 0. The highest BCUT2D eigenvalue weighted by Gasteiger charge is 2.43. The summed E-state index contributed by atoms with van der Waals surface area (Å²) in [4.78, 5) is 25.0. The van der Waals surface area contributed by atoms with Gasteiger partial charge >= 0.3 is 5.69 Å². The Morgan fingerprint density at radius 2 is 2.11 bits per heavy atom. The third-order valence-corrected chi connectivity index (χ3v) is 3.78. The van der Waals surface area contributed by atoms with Gasteiger partial charge < -0.3 is 14.9 Å². The zero-order valence-corrected chi connectivity index (χ0v) is 11.7. The van der Waals surface area contributed by atoms with Crippen molar-refractivity contribution in [3.05, 3.63) is 32.6 Å². The predicted octanol–water partition coefficient (Wildman–Crippen LogP) is -1.10. The fourth-order valence-electron chi connectivity index (χ4n) is 1.86. The van der Waals surface area contributed by atoms with Crippen molar-refractivity contribution in [1.82, 2.24) is 9.55 Å². The maximum absolute atomic E-state index is 11.7. The van der Waals surface area contributed by atoms with Crippen molar-refractivity contribution in [2.24, 2.45) is 0 Å². The highest BCUT2D eigenvalue weighted by atomic mass is 127. The summed E-state index contributed by atoms with van der Waals surface area (Å²) < 4.78 is 7.01. The van der Waals surface area contributed by atoms with E-state index in [1.807, 2.05) is 22.6 Å². The van der Waals surface area contributed by atoms with Gasteiger partial charge in [0.1, 0.15) is 12.2 Å². The number of hydrogen-bond acceptors (Lipinski definition) is 5. The second-order valence-electron chi connectivity index (χ2n) is 4.18. The number of H-pyrrole nitrogens is 1. The Balaban J connectivity index is 2.42. The van der Waals surface area contributed by atoms with Crippen LogP contribution in [0.3, 0.4) is 0 Å². The molecular weight excluding hydrogens is 355 g/mol. The highest BCUT2D eigenvalue weighted by molar-refractivity contribution is 14.1. The van der Waals surface area contributed by atoms with Gasteiger partial charge in [0, 0.05) is 16.2 Å². The lowest BCUT2D eigenvalue weighted by Crippen LogP contribution is -2.38. The Bertz CT molecular complexity index is 554. The summed E-state index contributed by atoms with van der Waals surface area (Å²) in [5.74, 6) is 0. The summed E-state index contributed by atoms with van der Waals surface area (Å²) in [6.45, 7) is 1.54. The van der Waals surface area contributed by atoms with Crippen LogP contribution in [0.2, 0.25) is 0 Å². The minimum absolute atomic E-state index is 0.331. The van der Waals surface area contributed by atoms with Crippen LogP contribution in [0.1, 0.15) is 11.8 Å². The zero-order valence-electron chi connectivity index (χ0n) is 9.54. The van der Waals surface area contributed by atoms with E-state index in [4.69, 9.17) is 4.74 Å². The van der Waals surface area contributed by atoms with Gasteiger partial charge in [0.15, 0.2) is 6.23 Å². The summed E-state index contributed by atoms with van der Waals surface area (Å²) in [5, 5.41) is 19.6. The quantitative estimate of drug-likeness (QED) is 0.454. The average Bonchev–Trinajstić information content (AvgIpc) is 2.61. The minimum Gasteiger partial charge on any atom is -0.387 e. The number of ether oxygens (including phenoxy) is 1. The first-order valence-corrected chi connectivity index (χ1v) is 6.88. The van der Waals surface area contributed by atoms with Crippen LogP contribution in [0.25, 0.3) is 0 Å². The van der Waals surface area contributed by atoms with Gasteiger partial charge in [0.2, 0.25) is 0 Å². The molecule has 1 aromatic rings. The molecule has 7 nitrogen and oxygen atoms in total. The van der Waals surface area contributed by atoms with Gasteiger partial charge in [0.05, 0.1) is 6.10 Å². The minimum atomic E-state index is -1.20. The molecule has 0 aromatic carbocycles. The predicted molar refractivity (Wildman–Crippen MR) is 70.9 cm³/mol. The molecule has 4 atom stereocenters. The average molecular weight is 368 g/mol. The number of alkyl halides is 1. The molecule has 100 valence electrons. The first kappa shape index (κ1) is 13.7. The number of aliphatic hydroxyl groups is 2. The van der Waals surface area contributed by atoms with Crippen molar-refractivity contribution < 1.29 is 14.9 Å². The molecule has 1 fully saturated rings. The molecule has 8 heteroatoms. The number of aromatic nitrogens is 2. The molecule has 0 aliphatic carbocycles. The maximum Gasteiger partial charge on any atom is 0.330 e. The van der Waals surface area contributed by atoms with Crippen LogP contribution in [0, 0.1) is 6.92 Å². The van der Waals surface area contributed by atoms with E-state index in [0.29, 0.717) is 9.99 Å². The lowest BCUT2D eigenvalue weighted by Gasteiger charge is -2.17. The van der Waals surface area contributed by atoms with Gasteiger partial charge in [-0.05, 0) is 6.92 Å². The van der Waals surface area contributed by atoms with Crippen molar-refractivity contribution in [3.8, 4) is 0 Å². The second kappa shape index (κ2) is 5.11. The number of aromatic amines is 1. The molecule has 2 rings (SSSR count). The van der Waals surface area contributed by atoms with Crippen molar-refractivity contribution in [1.29, 1.82) is 0 Å². The van der Waals surface area contributed by atoms with Crippen LogP contribution in [-0.4, -0.2) is 42.5 Å². The Hall–Kier alpha value is -0.710. The van der Waals surface area contributed by atoms with E-state index in [0.717, 1.165) is 4.57 Å². The molecule has 1 aliphatic rings. The maximum atomic E-state index is 11.7. The standard InChI is InChI=1S/C10H13IN2O5/c1-4-3-13(10(17)12-8(4)16)9-7(15)6(14)5(2-11)18-9/h3,5-7,9,14-15H,2H2,1H3,(H,12,16,17). The second-order valence-corrected chi connectivity index (χ2v) is 5.06. The number of halogens is 1. The van der Waals surface area contributed by atoms with E-state index >= 15 is 0 Å². The summed E-state index contributed by atoms with van der Waals surface area (Å²) in [7, 11) is 0. The molecule has 3 N–H and O–H groups in total. The molecular formula is C10H13IN2O5. The van der Waals surface area contributed by atoms with E-state index in [2.05, 4.69) is 4.98 Å². The van der Waals surface area contributed by atoms with Crippen LogP contribution in [-0.2, 0) is 4.74 Å². The number of nitrogens with one attached hydrogen (secondary N) is 1. The molecule has 0 spiro atoms. The third-order valence-electron chi connectivity index (χ3n) is 2.91. The number of hydrogen-bond donors (Lipinski definition) is 3. The largest absolute Gasteiger partial charge is 0.387 e. The smallest absolute Gasteiger partial charge is 0.330 e. The Labute approximate surface area is 116 Å². The SMILES string of the molecule is Cc1cn(C2OC(CI)C(O)C2O)c(=O)[nH]c1=O. The van der Waals surface area contributed by atoms with Gasteiger partial charge in [-0.25, -0.2) is 4.79 Å². The lowest BCUT2D eigenvalue weighted by molar-refractivity contribution is -0.0336. The Morgan fingerprint density at radius 1 is 1.44 bits per heavy atom. The number of aliphatic hydroxyl groups excluding tert-OH is 2. The third kappa shape index (κ3) is 2.25. The topological polar surface area (TPSA) is 105 Å². The van der Waals surface area contributed by atoms with Crippen molar-refractivity contribution >= 4 is 22.6 Å². The van der Waals surface area contributed by atoms with E-state index in [1.54, 1.807) is 6.92 Å². The van der Waals surface area contributed by atoms with Crippen LogP contribution in [0.5, 0.6) is 0 Å². The summed E-state index contributed by atoms with van der Waals surface area (Å²) in [6.07, 6.45) is -2.46. The fraction of sp³-hybridized carbons (Fsp3) is 0.600. The van der Waals surface area contributed by atoms with E-state index in [1.165, 1.54) is 6.20 Å². The number of rotatable bonds is 2. The van der Waals surface area contributed by atoms with Crippen LogP contribution >= 0.6 is 22.6 Å². The number of nitrogens with zero attached hydrogens (tertiary/aromatic N) is 1. The normalized spacial score (nSPS) is 31.8. The van der Waals surface area contributed by atoms with Crippen LogP contribution in [0.4, 0.5) is 0 Å². The van der Waals surface area contributed by atoms with Crippen molar-refractivity contribution in [2.75, 3.05) is 4.43 Å². The number of aryl methyl sites for hydroxylation is 1. The van der Waals surface area contributed by atoms with E-state index in [-0.39, 0.29) is 0 Å². The molecule has 18 heavy (non-hydrogen) atoms. The Morgan fingerprint density at radius 3 is 2.67 bits per heavy atom. The van der Waals surface area contributed by atoms with Crippen molar-refractivity contribution in [3.63, 3.8) is 0 Å².